The summed E-state index contributed by atoms with van der Waals surface area (Å²) in [5, 5.41) is 5.86. The van der Waals surface area contributed by atoms with Crippen molar-refractivity contribution in [3.63, 3.8) is 0 Å². The number of hydrogen-bond acceptors (Lipinski definition) is 2. The molecule has 1 aliphatic heterocycles. The Hall–Kier alpha value is -0.990. The van der Waals surface area contributed by atoms with Crippen LogP contribution in [0.2, 0.25) is 0 Å². The normalized spacial score (nSPS) is 25.9. The van der Waals surface area contributed by atoms with Crippen molar-refractivity contribution in [1.29, 1.82) is 0 Å². The molecule has 2 N–H and O–H groups in total. The van der Waals surface area contributed by atoms with E-state index in [1.165, 1.54) is 0 Å². The topological polar surface area (TPSA) is 41.1 Å². The Labute approximate surface area is 60.5 Å². The molecule has 1 rings (SSSR count). The summed E-state index contributed by atoms with van der Waals surface area (Å²) in [7, 11) is 0. The highest BCUT2D eigenvalue weighted by atomic mass is 16.2. The van der Waals surface area contributed by atoms with Crippen molar-refractivity contribution in [2.75, 3.05) is 0 Å². The van der Waals surface area contributed by atoms with Crippen LogP contribution in [0.1, 0.15) is 20.8 Å². The lowest BCUT2D eigenvalue weighted by Gasteiger charge is -2.24. The molecule has 0 saturated carbocycles. The summed E-state index contributed by atoms with van der Waals surface area (Å²) >= 11 is 0. The van der Waals surface area contributed by atoms with Gasteiger partial charge in [0.1, 0.15) is 0 Å². The van der Waals surface area contributed by atoms with Gasteiger partial charge >= 0.3 is 0 Å². The van der Waals surface area contributed by atoms with Crippen molar-refractivity contribution >= 4 is 5.91 Å². The minimum Gasteiger partial charge on any atom is -0.369 e. The molecule has 1 atom stereocenters. The number of allylic oxidation sites excluding steroid dienone is 1. The summed E-state index contributed by atoms with van der Waals surface area (Å²) in [6, 6.07) is 0. The lowest BCUT2D eigenvalue weighted by Crippen LogP contribution is -2.47. The maximum atomic E-state index is 11.0. The lowest BCUT2D eigenvalue weighted by molar-refractivity contribution is -0.118. The van der Waals surface area contributed by atoms with Crippen LogP contribution in [-0.2, 0) is 4.79 Å². The zero-order valence-electron chi connectivity index (χ0n) is 6.49. The number of rotatable bonds is 0. The molecular formula is C7H12N2O. The van der Waals surface area contributed by atoms with Gasteiger partial charge < -0.3 is 10.6 Å². The van der Waals surface area contributed by atoms with Crippen LogP contribution in [0.5, 0.6) is 0 Å². The second-order valence-corrected chi connectivity index (χ2v) is 2.59. The third kappa shape index (κ3) is 1.12. The van der Waals surface area contributed by atoms with E-state index in [9.17, 15) is 4.79 Å². The summed E-state index contributed by atoms with van der Waals surface area (Å²) in [5.41, 5.74) is 1.74. The maximum absolute atomic E-state index is 11.0. The van der Waals surface area contributed by atoms with Gasteiger partial charge in [-0.15, -0.1) is 0 Å². The molecule has 0 spiro atoms. The maximum Gasteiger partial charge on any atom is 0.250 e. The highest BCUT2D eigenvalue weighted by Crippen LogP contribution is 2.05. The highest BCUT2D eigenvalue weighted by Gasteiger charge is 2.16. The summed E-state index contributed by atoms with van der Waals surface area (Å²) < 4.78 is 0. The molecule has 0 aromatic heterocycles. The van der Waals surface area contributed by atoms with E-state index in [1.807, 2.05) is 20.8 Å². The first-order valence-electron chi connectivity index (χ1n) is 3.36. The van der Waals surface area contributed by atoms with Crippen LogP contribution in [0.3, 0.4) is 0 Å². The average molecular weight is 140 g/mol. The van der Waals surface area contributed by atoms with Crippen LogP contribution < -0.4 is 10.6 Å². The molecule has 0 saturated heterocycles. The van der Waals surface area contributed by atoms with Gasteiger partial charge in [-0.05, 0) is 20.8 Å². The van der Waals surface area contributed by atoms with Crippen molar-refractivity contribution < 1.29 is 4.79 Å². The summed E-state index contributed by atoms with van der Waals surface area (Å²) in [6.45, 7) is 5.63. The van der Waals surface area contributed by atoms with E-state index in [2.05, 4.69) is 10.6 Å². The molecule has 1 unspecified atom stereocenters. The average Bonchev–Trinajstić information content (AvgIpc) is 1.82. The summed E-state index contributed by atoms with van der Waals surface area (Å²) in [6.07, 6.45) is 0.0659. The molecule has 3 nitrogen and oxygen atoms in total. The number of hydrogen-bond donors (Lipinski definition) is 2. The predicted molar refractivity (Wildman–Crippen MR) is 39.1 cm³/mol. The van der Waals surface area contributed by atoms with Crippen LogP contribution in [0.4, 0.5) is 0 Å². The summed E-state index contributed by atoms with van der Waals surface area (Å²) in [4.78, 5) is 11.0. The largest absolute Gasteiger partial charge is 0.369 e. The molecular weight excluding hydrogens is 128 g/mol. The first-order valence-corrected chi connectivity index (χ1v) is 3.36. The van der Waals surface area contributed by atoms with E-state index in [1.54, 1.807) is 0 Å². The summed E-state index contributed by atoms with van der Waals surface area (Å²) in [5.74, 6) is 0.0313. The Morgan fingerprint density at radius 1 is 1.30 bits per heavy atom. The Morgan fingerprint density at radius 3 is 2.40 bits per heavy atom. The Kier molecular flexibility index (Phi) is 1.66. The molecule has 1 amide bonds. The SMILES string of the molecule is CC1=C(C)C(=O)NC(C)N1. The van der Waals surface area contributed by atoms with Crippen molar-refractivity contribution in [3.8, 4) is 0 Å². The van der Waals surface area contributed by atoms with Gasteiger partial charge in [-0.3, -0.25) is 4.79 Å². The molecule has 0 fully saturated rings. The van der Waals surface area contributed by atoms with Gasteiger partial charge in [-0.2, -0.15) is 0 Å². The fraction of sp³-hybridized carbons (Fsp3) is 0.571. The van der Waals surface area contributed by atoms with Crippen LogP contribution in [-0.4, -0.2) is 12.1 Å². The van der Waals surface area contributed by atoms with Crippen molar-refractivity contribution in [2.24, 2.45) is 0 Å². The third-order valence-corrected chi connectivity index (χ3v) is 1.68. The molecule has 1 aliphatic rings. The van der Waals surface area contributed by atoms with E-state index in [4.69, 9.17) is 0 Å². The molecule has 0 bridgehead atoms. The molecule has 56 valence electrons. The minimum atomic E-state index is 0.0313. The van der Waals surface area contributed by atoms with E-state index in [0.29, 0.717) is 0 Å². The third-order valence-electron chi connectivity index (χ3n) is 1.68. The number of nitrogens with one attached hydrogen (secondary N) is 2. The van der Waals surface area contributed by atoms with Crippen LogP contribution >= 0.6 is 0 Å². The number of carbonyl (C=O) groups excluding carboxylic acids is 1. The van der Waals surface area contributed by atoms with Crippen LogP contribution in [0.25, 0.3) is 0 Å². The fourth-order valence-electron chi connectivity index (χ4n) is 0.944. The Bertz CT molecular complexity index is 196. The Morgan fingerprint density at radius 2 is 1.90 bits per heavy atom. The van der Waals surface area contributed by atoms with Gasteiger partial charge in [0.15, 0.2) is 0 Å². The molecule has 0 radical (unpaired) electrons. The molecule has 0 aromatic rings. The first-order chi connectivity index (χ1) is 4.61. The minimum absolute atomic E-state index is 0.0313. The first kappa shape index (κ1) is 7.12. The van der Waals surface area contributed by atoms with E-state index >= 15 is 0 Å². The van der Waals surface area contributed by atoms with Gasteiger partial charge in [0.2, 0.25) is 5.91 Å². The highest BCUT2D eigenvalue weighted by molar-refractivity contribution is 5.94. The second kappa shape index (κ2) is 2.33. The van der Waals surface area contributed by atoms with Crippen molar-refractivity contribution in [1.82, 2.24) is 10.6 Å². The lowest BCUT2D eigenvalue weighted by atomic mass is 10.2. The van der Waals surface area contributed by atoms with Crippen LogP contribution in [0, 0.1) is 0 Å². The molecule has 10 heavy (non-hydrogen) atoms. The van der Waals surface area contributed by atoms with Gasteiger partial charge in [0.05, 0.1) is 6.17 Å². The van der Waals surface area contributed by atoms with E-state index < -0.39 is 0 Å². The van der Waals surface area contributed by atoms with Gasteiger partial charge in [-0.1, -0.05) is 0 Å². The number of carbonyl (C=O) groups is 1. The van der Waals surface area contributed by atoms with Gasteiger partial charge in [0, 0.05) is 11.3 Å². The second-order valence-electron chi connectivity index (χ2n) is 2.59. The quantitative estimate of drug-likeness (QED) is 0.509. The van der Waals surface area contributed by atoms with Crippen molar-refractivity contribution in [3.05, 3.63) is 11.3 Å². The monoisotopic (exact) mass is 140 g/mol. The standard InChI is InChI=1S/C7H12N2O/c1-4-5(2)8-6(3)9-7(4)10/h6,8H,1-3H3,(H,9,10). The van der Waals surface area contributed by atoms with Crippen LogP contribution in [0.15, 0.2) is 11.3 Å². The zero-order valence-corrected chi connectivity index (χ0v) is 6.49. The van der Waals surface area contributed by atoms with E-state index in [-0.39, 0.29) is 12.1 Å². The molecule has 1 heterocycles. The van der Waals surface area contributed by atoms with Gasteiger partial charge in [0.25, 0.3) is 0 Å². The van der Waals surface area contributed by atoms with E-state index in [0.717, 1.165) is 11.3 Å². The Balaban J connectivity index is 2.85. The molecule has 3 heteroatoms. The van der Waals surface area contributed by atoms with Crippen molar-refractivity contribution in [2.45, 2.75) is 26.9 Å². The zero-order chi connectivity index (χ0) is 7.72. The predicted octanol–water partition coefficient (Wildman–Crippen LogP) is 0.346. The molecule has 0 aromatic carbocycles. The van der Waals surface area contributed by atoms with Gasteiger partial charge in [-0.25, -0.2) is 0 Å². The number of amides is 1. The fourth-order valence-corrected chi connectivity index (χ4v) is 0.944. The molecule has 0 aliphatic carbocycles. The smallest absolute Gasteiger partial charge is 0.250 e.